The summed E-state index contributed by atoms with van der Waals surface area (Å²) in [5.41, 5.74) is 1.48. The number of alkyl halides is 2. The van der Waals surface area contributed by atoms with Gasteiger partial charge in [-0.3, -0.25) is 9.59 Å². The highest BCUT2D eigenvalue weighted by Crippen LogP contribution is 2.65. The maximum absolute atomic E-state index is 13.1. The lowest BCUT2D eigenvalue weighted by atomic mass is 10.1. The third-order valence-corrected chi connectivity index (χ3v) is 6.87. The van der Waals surface area contributed by atoms with Crippen LogP contribution in [0.25, 0.3) is 0 Å². The van der Waals surface area contributed by atoms with Crippen molar-refractivity contribution in [1.29, 1.82) is 0 Å². The molecule has 4 nitrogen and oxygen atoms in total. The van der Waals surface area contributed by atoms with Crippen molar-refractivity contribution in [3.05, 3.63) is 92.7 Å². The smallest absolute Gasteiger partial charge is 0.257 e. The molecule has 170 valence electrons. The highest BCUT2D eigenvalue weighted by Gasteiger charge is 2.67. The van der Waals surface area contributed by atoms with Gasteiger partial charge >= 0.3 is 0 Å². The first kappa shape index (κ1) is 24.1. The van der Waals surface area contributed by atoms with Crippen LogP contribution in [0.4, 0.5) is 15.8 Å². The number of benzene rings is 3. The van der Waals surface area contributed by atoms with Gasteiger partial charge in [0.2, 0.25) is 5.91 Å². The van der Waals surface area contributed by atoms with Crippen molar-refractivity contribution in [3.63, 3.8) is 0 Å². The molecule has 0 heterocycles. The number of anilines is 2. The quantitative estimate of drug-likeness (QED) is 0.325. The molecule has 0 saturated heterocycles. The lowest BCUT2D eigenvalue weighted by molar-refractivity contribution is -0.117. The second kappa shape index (κ2) is 9.32. The number of hydrogen-bond donors (Lipinski definition) is 2. The van der Waals surface area contributed by atoms with Crippen LogP contribution >= 0.6 is 58.0 Å². The molecule has 0 aromatic heterocycles. The fourth-order valence-electron chi connectivity index (χ4n) is 3.55. The molecule has 3 aromatic carbocycles. The van der Waals surface area contributed by atoms with E-state index in [2.05, 4.69) is 10.6 Å². The predicted octanol–water partition coefficient (Wildman–Crippen LogP) is 7.56. The first-order chi connectivity index (χ1) is 15.6. The number of hydrogen-bond acceptors (Lipinski definition) is 2. The van der Waals surface area contributed by atoms with E-state index in [1.165, 1.54) is 36.4 Å². The molecule has 2 amide bonds. The van der Waals surface area contributed by atoms with Gasteiger partial charge in [0, 0.05) is 27.3 Å². The Hall–Kier alpha value is -2.02. The minimum Gasteiger partial charge on any atom is -0.326 e. The van der Waals surface area contributed by atoms with Crippen LogP contribution in [0.2, 0.25) is 15.1 Å². The average molecular weight is 547 g/mol. The molecule has 1 aliphatic rings. The molecule has 4 rings (SSSR count). The van der Waals surface area contributed by atoms with E-state index in [9.17, 15) is 14.0 Å². The Bertz CT molecular complexity index is 1230. The summed E-state index contributed by atoms with van der Waals surface area (Å²) in [6.45, 7) is 0. The number of rotatable bonds is 5. The summed E-state index contributed by atoms with van der Waals surface area (Å²) in [7, 11) is 0. The van der Waals surface area contributed by atoms with Gasteiger partial charge in [0.05, 0.1) is 16.5 Å². The summed E-state index contributed by atoms with van der Waals surface area (Å²) in [4.78, 5) is 25.6. The van der Waals surface area contributed by atoms with Crippen LogP contribution in [0.3, 0.4) is 0 Å². The van der Waals surface area contributed by atoms with E-state index < -0.39 is 33.8 Å². The van der Waals surface area contributed by atoms with Crippen molar-refractivity contribution in [2.24, 2.45) is 5.92 Å². The van der Waals surface area contributed by atoms with Crippen molar-refractivity contribution in [2.75, 3.05) is 10.6 Å². The molecule has 0 bridgehead atoms. The van der Waals surface area contributed by atoms with Gasteiger partial charge in [-0.15, -0.1) is 23.2 Å². The van der Waals surface area contributed by atoms with Crippen LogP contribution in [-0.2, 0) is 4.79 Å². The lowest BCUT2D eigenvalue weighted by Gasteiger charge is -2.10. The maximum atomic E-state index is 13.1. The molecule has 0 radical (unpaired) electrons. The van der Waals surface area contributed by atoms with Gasteiger partial charge in [-0.05, 0) is 66.2 Å². The van der Waals surface area contributed by atoms with Crippen LogP contribution in [0.1, 0.15) is 21.8 Å². The van der Waals surface area contributed by atoms with Crippen molar-refractivity contribution in [3.8, 4) is 0 Å². The van der Waals surface area contributed by atoms with Crippen LogP contribution < -0.4 is 10.6 Å². The molecule has 1 aliphatic carbocycles. The second-order valence-electron chi connectivity index (χ2n) is 7.48. The number of halogens is 6. The minimum absolute atomic E-state index is 0.121. The van der Waals surface area contributed by atoms with Crippen LogP contribution in [0, 0.1) is 11.7 Å². The Morgan fingerprint density at radius 1 is 0.818 bits per heavy atom. The molecule has 3 aromatic rings. The van der Waals surface area contributed by atoms with Gasteiger partial charge in [-0.2, -0.15) is 0 Å². The zero-order valence-corrected chi connectivity index (χ0v) is 20.3. The van der Waals surface area contributed by atoms with Gasteiger partial charge in [-0.1, -0.05) is 34.8 Å². The summed E-state index contributed by atoms with van der Waals surface area (Å²) in [6.07, 6.45) is 0. The first-order valence-electron chi connectivity index (χ1n) is 9.57. The fourth-order valence-corrected chi connectivity index (χ4v) is 5.13. The van der Waals surface area contributed by atoms with E-state index in [0.717, 1.165) is 0 Å². The average Bonchev–Trinajstić information content (AvgIpc) is 3.32. The number of carbonyl (C=O) groups excluding carboxylic acids is 2. The topological polar surface area (TPSA) is 58.2 Å². The van der Waals surface area contributed by atoms with E-state index in [1.54, 1.807) is 24.3 Å². The summed E-state index contributed by atoms with van der Waals surface area (Å²) < 4.78 is 11.7. The second-order valence-corrected chi connectivity index (χ2v) is 10.2. The molecule has 0 aliphatic heterocycles. The predicted molar refractivity (Wildman–Crippen MR) is 132 cm³/mol. The minimum atomic E-state index is -1.34. The standard InChI is InChI=1S/C23H14Cl5FN2O2/c24-12-7-11(8-13(25)9-12)19-20(23(19,27)28)22(33)31-16-5-6-18(26)17(10-16)21(32)30-15-3-1-14(29)2-4-15/h1-10,19-20H,(H,30,32)(H,31,33)/t19-,20?/m0/s1. The zero-order valence-electron chi connectivity index (χ0n) is 16.5. The Balaban J connectivity index is 1.50. The van der Waals surface area contributed by atoms with E-state index in [0.29, 0.717) is 27.0 Å². The van der Waals surface area contributed by atoms with Crippen LogP contribution in [-0.4, -0.2) is 16.1 Å². The Kier molecular flexibility index (Phi) is 6.81. The molecule has 2 atom stereocenters. The fraction of sp³-hybridized carbons (Fsp3) is 0.130. The maximum Gasteiger partial charge on any atom is 0.257 e. The Morgan fingerprint density at radius 3 is 2.06 bits per heavy atom. The Morgan fingerprint density at radius 2 is 1.42 bits per heavy atom. The van der Waals surface area contributed by atoms with Crippen LogP contribution in [0.5, 0.6) is 0 Å². The Labute approximate surface area is 213 Å². The van der Waals surface area contributed by atoms with Crippen molar-refractivity contribution < 1.29 is 14.0 Å². The molecule has 33 heavy (non-hydrogen) atoms. The normalized spacial score (nSPS) is 18.5. The van der Waals surface area contributed by atoms with Crippen molar-refractivity contribution >= 4 is 81.2 Å². The SMILES string of the molecule is O=C(Nc1ccc(F)cc1)c1cc(NC(=O)C2[C@H](c3cc(Cl)cc(Cl)c3)C2(Cl)Cl)ccc1Cl. The molecule has 2 N–H and O–H groups in total. The lowest BCUT2D eigenvalue weighted by Crippen LogP contribution is -2.18. The number of carbonyl (C=O) groups is 2. The van der Waals surface area contributed by atoms with E-state index in [-0.39, 0.29) is 10.6 Å². The molecule has 1 fully saturated rings. The van der Waals surface area contributed by atoms with Gasteiger partial charge in [-0.25, -0.2) is 4.39 Å². The molecular formula is C23H14Cl5FN2O2. The van der Waals surface area contributed by atoms with Gasteiger partial charge < -0.3 is 10.6 Å². The van der Waals surface area contributed by atoms with Gasteiger partial charge in [0.15, 0.2) is 0 Å². The van der Waals surface area contributed by atoms with Crippen molar-refractivity contribution in [2.45, 2.75) is 10.3 Å². The van der Waals surface area contributed by atoms with E-state index in [1.807, 2.05) is 0 Å². The summed E-state index contributed by atoms with van der Waals surface area (Å²) >= 11 is 31.1. The summed E-state index contributed by atoms with van der Waals surface area (Å²) in [6, 6.07) is 14.6. The third kappa shape index (κ3) is 5.23. The van der Waals surface area contributed by atoms with Gasteiger partial charge in [0.1, 0.15) is 10.2 Å². The highest BCUT2D eigenvalue weighted by atomic mass is 35.5. The monoisotopic (exact) mass is 544 g/mol. The molecule has 1 saturated carbocycles. The van der Waals surface area contributed by atoms with Crippen LogP contribution in [0.15, 0.2) is 60.7 Å². The van der Waals surface area contributed by atoms with E-state index >= 15 is 0 Å². The third-order valence-electron chi connectivity index (χ3n) is 5.16. The molecular weight excluding hydrogens is 533 g/mol. The van der Waals surface area contributed by atoms with Gasteiger partial charge in [0.25, 0.3) is 5.91 Å². The largest absolute Gasteiger partial charge is 0.326 e. The number of amides is 2. The molecule has 10 heteroatoms. The molecule has 0 spiro atoms. The molecule has 1 unspecified atom stereocenters. The highest BCUT2D eigenvalue weighted by molar-refractivity contribution is 6.53. The summed E-state index contributed by atoms with van der Waals surface area (Å²) in [5.74, 6) is -2.66. The zero-order chi connectivity index (χ0) is 23.9. The van der Waals surface area contributed by atoms with Crippen molar-refractivity contribution in [1.82, 2.24) is 0 Å². The summed E-state index contributed by atoms with van der Waals surface area (Å²) in [5, 5.41) is 6.33. The first-order valence-corrected chi connectivity index (χ1v) is 11.5. The van der Waals surface area contributed by atoms with E-state index in [4.69, 9.17) is 58.0 Å². The number of nitrogens with one attached hydrogen (secondary N) is 2.